The van der Waals surface area contributed by atoms with Gasteiger partial charge in [-0.25, -0.2) is 4.39 Å². The second-order valence-corrected chi connectivity index (χ2v) is 13.7. The second-order valence-electron chi connectivity index (χ2n) is 13.7. The maximum Gasteiger partial charge on any atom is 0.270 e. The zero-order valence-corrected chi connectivity index (χ0v) is 29.0. The number of hydrogen-bond acceptors (Lipinski definition) is 7. The van der Waals surface area contributed by atoms with Gasteiger partial charge in [0.2, 0.25) is 11.8 Å². The number of nitrogens with one attached hydrogen (secondary N) is 3. The lowest BCUT2D eigenvalue weighted by Gasteiger charge is -2.46. The van der Waals surface area contributed by atoms with Crippen molar-refractivity contribution in [2.24, 2.45) is 11.8 Å². The molecule has 2 fully saturated rings. The molecule has 4 N–H and O–H groups in total. The summed E-state index contributed by atoms with van der Waals surface area (Å²) in [5.74, 6) is -1.67. The molecule has 1 aromatic heterocycles. The van der Waals surface area contributed by atoms with E-state index in [0.29, 0.717) is 36.8 Å². The van der Waals surface area contributed by atoms with Gasteiger partial charge in [-0.05, 0) is 76.3 Å². The number of halogens is 1. The van der Waals surface area contributed by atoms with E-state index in [4.69, 9.17) is 0 Å². The third kappa shape index (κ3) is 8.77. The van der Waals surface area contributed by atoms with Crippen LogP contribution >= 0.6 is 0 Å². The van der Waals surface area contributed by atoms with Gasteiger partial charge in [-0.15, -0.1) is 0 Å². The molecule has 0 bridgehead atoms. The van der Waals surface area contributed by atoms with Gasteiger partial charge < -0.3 is 21.1 Å². The summed E-state index contributed by atoms with van der Waals surface area (Å²) in [6.45, 7) is 13.7. The van der Waals surface area contributed by atoms with Crippen molar-refractivity contribution in [3.05, 3.63) is 47.5 Å². The highest BCUT2D eigenvalue weighted by molar-refractivity contribution is 6.00. The molecular weight excluding hydrogens is 601 g/mol. The fraction of sp³-hybridized carbons (Fsp3) is 0.657. The number of benzene rings is 1. The molecule has 0 spiro atoms. The van der Waals surface area contributed by atoms with Gasteiger partial charge in [0.15, 0.2) is 0 Å². The smallest absolute Gasteiger partial charge is 0.270 e. The van der Waals surface area contributed by atoms with Crippen molar-refractivity contribution in [1.29, 1.82) is 0 Å². The lowest BCUT2D eigenvalue weighted by molar-refractivity contribution is -0.126. The standard InChI is InChI=1S/C35H54FN7O4/c1-8-30(44)39-31(35(47)42-19-22(4)41(7)23(5)20-42)24(6)26-14-15-28(27(36)18-26)38-34(46)32(25-12-10-21(3)11-13-25)40-33(45)29-16-17-37-43(29)9-2/h14-18,21-25,31-32,35,47H,8-13,19-20H2,1-7H3,(H,38,46)(H,39,44)(H,40,45)/t21?,22-,23+,24-,25?,31+,32-,35?/m0/s1. The number of amides is 3. The number of likely N-dealkylation sites (N-methyl/N-ethyl adjacent to an activating group) is 1. The minimum absolute atomic E-state index is 0.00406. The van der Waals surface area contributed by atoms with E-state index in [-0.39, 0.29) is 36.0 Å². The predicted octanol–water partition coefficient (Wildman–Crippen LogP) is 3.95. The summed E-state index contributed by atoms with van der Waals surface area (Å²) in [5.41, 5.74) is 0.950. The van der Waals surface area contributed by atoms with E-state index in [1.54, 1.807) is 29.9 Å². The van der Waals surface area contributed by atoms with Crippen molar-refractivity contribution < 1.29 is 23.9 Å². The van der Waals surface area contributed by atoms with Crippen LogP contribution in [-0.4, -0.2) is 92.9 Å². The lowest BCUT2D eigenvalue weighted by Crippen LogP contribution is -2.62. The number of piperazine rings is 1. The molecule has 47 heavy (non-hydrogen) atoms. The Kier molecular flexibility index (Phi) is 12.5. The third-order valence-electron chi connectivity index (χ3n) is 10.4. The molecule has 0 radical (unpaired) electrons. The van der Waals surface area contributed by atoms with Gasteiger partial charge in [0.1, 0.15) is 23.8 Å². The summed E-state index contributed by atoms with van der Waals surface area (Å²) in [7, 11) is 2.06. The Labute approximate surface area is 278 Å². The SMILES string of the molecule is CCC(=O)N[C@@H](C(O)N1C[C@@H](C)N(C)[C@@H](C)C1)[C@@H](C)c1ccc(NC(=O)[C@@H](NC(=O)c2ccnn2CC)C2CCC(C)CC2)c(F)c1. The van der Waals surface area contributed by atoms with Crippen molar-refractivity contribution >= 4 is 23.4 Å². The molecule has 2 aromatic rings. The van der Waals surface area contributed by atoms with Gasteiger partial charge in [-0.2, -0.15) is 5.10 Å². The van der Waals surface area contributed by atoms with Crippen molar-refractivity contribution in [1.82, 2.24) is 30.2 Å². The molecule has 12 heteroatoms. The Balaban J connectivity index is 1.53. The van der Waals surface area contributed by atoms with Crippen LogP contribution in [0.4, 0.5) is 10.1 Å². The number of rotatable bonds is 12. The summed E-state index contributed by atoms with van der Waals surface area (Å²) in [6, 6.07) is 5.10. The van der Waals surface area contributed by atoms with E-state index in [2.05, 4.69) is 53.8 Å². The van der Waals surface area contributed by atoms with Crippen LogP contribution in [0, 0.1) is 17.7 Å². The van der Waals surface area contributed by atoms with Crippen LogP contribution < -0.4 is 16.0 Å². The quantitative estimate of drug-likeness (QED) is 0.272. The molecule has 6 atom stereocenters. The van der Waals surface area contributed by atoms with E-state index in [9.17, 15) is 19.5 Å². The maximum absolute atomic E-state index is 15.7. The Hall–Kier alpha value is -3.35. The first-order valence-electron chi connectivity index (χ1n) is 17.2. The van der Waals surface area contributed by atoms with Crippen molar-refractivity contribution in [3.8, 4) is 0 Å². The normalized spacial score (nSPS) is 25.0. The maximum atomic E-state index is 15.7. The second kappa shape index (κ2) is 16.2. The molecule has 1 aliphatic heterocycles. The molecule has 3 amide bonds. The fourth-order valence-corrected chi connectivity index (χ4v) is 6.98. The Morgan fingerprint density at radius 1 is 1.02 bits per heavy atom. The fourth-order valence-electron chi connectivity index (χ4n) is 6.98. The van der Waals surface area contributed by atoms with Gasteiger partial charge in [0.25, 0.3) is 5.91 Å². The number of aliphatic hydroxyl groups is 1. The molecule has 260 valence electrons. The molecule has 4 rings (SSSR count). The van der Waals surface area contributed by atoms with E-state index in [1.807, 2.05) is 18.7 Å². The molecular formula is C35H54FN7O4. The van der Waals surface area contributed by atoms with Crippen LogP contribution in [-0.2, 0) is 16.1 Å². The predicted molar refractivity (Wildman–Crippen MR) is 180 cm³/mol. The van der Waals surface area contributed by atoms with Crippen LogP contribution in [0.1, 0.15) is 95.6 Å². The lowest BCUT2D eigenvalue weighted by atomic mass is 9.79. The summed E-state index contributed by atoms with van der Waals surface area (Å²) in [4.78, 5) is 43.8. The van der Waals surface area contributed by atoms with Crippen LogP contribution in [0.2, 0.25) is 0 Å². The first-order chi connectivity index (χ1) is 22.3. The number of nitrogens with zero attached hydrogens (tertiary/aromatic N) is 4. The average Bonchev–Trinajstić information content (AvgIpc) is 3.54. The summed E-state index contributed by atoms with van der Waals surface area (Å²) in [5, 5.41) is 24.4. The van der Waals surface area contributed by atoms with E-state index < -0.39 is 41.9 Å². The number of hydrogen-bond donors (Lipinski definition) is 4. The number of anilines is 1. The first kappa shape index (κ1) is 36.5. The Morgan fingerprint density at radius 3 is 2.28 bits per heavy atom. The van der Waals surface area contributed by atoms with Crippen molar-refractivity contribution in [2.75, 3.05) is 25.5 Å². The number of aryl methyl sites for hydroxylation is 1. The zero-order chi connectivity index (χ0) is 34.4. The zero-order valence-electron chi connectivity index (χ0n) is 29.0. The largest absolute Gasteiger partial charge is 0.376 e. The van der Waals surface area contributed by atoms with E-state index >= 15 is 4.39 Å². The Morgan fingerprint density at radius 2 is 1.68 bits per heavy atom. The van der Waals surface area contributed by atoms with Gasteiger partial charge in [0.05, 0.1) is 11.7 Å². The first-order valence-corrected chi connectivity index (χ1v) is 17.2. The van der Waals surface area contributed by atoms with Gasteiger partial charge in [-0.1, -0.05) is 39.7 Å². The molecule has 1 aliphatic carbocycles. The molecule has 2 heterocycles. The summed E-state index contributed by atoms with van der Waals surface area (Å²) < 4.78 is 17.3. The minimum Gasteiger partial charge on any atom is -0.376 e. The van der Waals surface area contributed by atoms with Crippen LogP contribution in [0.25, 0.3) is 0 Å². The molecule has 2 aliphatic rings. The monoisotopic (exact) mass is 655 g/mol. The number of carbonyl (C=O) groups excluding carboxylic acids is 3. The van der Waals surface area contributed by atoms with Crippen molar-refractivity contribution in [2.45, 2.75) is 117 Å². The van der Waals surface area contributed by atoms with Crippen LogP contribution in [0.15, 0.2) is 30.5 Å². The number of aliphatic hydroxyl groups excluding tert-OH is 1. The van der Waals surface area contributed by atoms with E-state index in [1.165, 1.54) is 12.1 Å². The van der Waals surface area contributed by atoms with Gasteiger partial charge in [0, 0.05) is 50.3 Å². The van der Waals surface area contributed by atoms with Crippen LogP contribution in [0.5, 0.6) is 0 Å². The number of aromatic nitrogens is 2. The highest BCUT2D eigenvalue weighted by atomic mass is 19.1. The summed E-state index contributed by atoms with van der Waals surface area (Å²) >= 11 is 0. The topological polar surface area (TPSA) is 132 Å². The minimum atomic E-state index is -0.979. The highest BCUT2D eigenvalue weighted by Gasteiger charge is 2.37. The van der Waals surface area contributed by atoms with Crippen molar-refractivity contribution in [3.63, 3.8) is 0 Å². The van der Waals surface area contributed by atoms with E-state index in [0.717, 1.165) is 25.7 Å². The third-order valence-corrected chi connectivity index (χ3v) is 10.4. The Bertz CT molecular complexity index is 1370. The number of carbonyl (C=O) groups is 3. The molecule has 1 aromatic carbocycles. The summed E-state index contributed by atoms with van der Waals surface area (Å²) in [6.07, 6.45) is 4.29. The van der Waals surface area contributed by atoms with Crippen LogP contribution in [0.3, 0.4) is 0 Å². The highest BCUT2D eigenvalue weighted by Crippen LogP contribution is 2.32. The van der Waals surface area contributed by atoms with Gasteiger partial charge >= 0.3 is 0 Å². The molecule has 1 unspecified atom stereocenters. The molecule has 11 nitrogen and oxygen atoms in total. The average molecular weight is 656 g/mol. The van der Waals surface area contributed by atoms with Gasteiger partial charge in [-0.3, -0.25) is 28.9 Å². The molecule has 1 saturated heterocycles. The molecule has 1 saturated carbocycles.